The molecule has 0 fully saturated rings. The predicted molar refractivity (Wildman–Crippen MR) is 35.1 cm³/mol. The maximum absolute atomic E-state index is 8.35. The Bertz CT molecular complexity index is 242. The number of nitrogens with zero attached hydrogens (tertiary/aromatic N) is 5. The van der Waals surface area contributed by atoms with Gasteiger partial charge in [0.2, 0.25) is 0 Å². The van der Waals surface area contributed by atoms with Crippen LogP contribution in [0.3, 0.4) is 0 Å². The van der Waals surface area contributed by atoms with Crippen molar-refractivity contribution in [2.24, 2.45) is 0 Å². The van der Waals surface area contributed by atoms with Gasteiger partial charge in [-0.15, -0.1) is 0 Å². The van der Waals surface area contributed by atoms with E-state index in [1.165, 1.54) is 16.6 Å². The maximum atomic E-state index is 8.35. The summed E-state index contributed by atoms with van der Waals surface area (Å²) in [5.41, 5.74) is 0. The van der Waals surface area contributed by atoms with E-state index in [1.807, 2.05) is 22.4 Å². The zero-order chi connectivity index (χ0) is 7.40. The van der Waals surface area contributed by atoms with Crippen LogP contribution in [0.4, 0.5) is 5.95 Å². The van der Waals surface area contributed by atoms with E-state index in [0.717, 1.165) is 0 Å². The molecule has 0 bridgehead atoms. The summed E-state index contributed by atoms with van der Waals surface area (Å²) < 4.78 is 1.19. The molecule has 0 atom stereocenters. The number of anilines is 1. The van der Waals surface area contributed by atoms with Crippen molar-refractivity contribution in [3.05, 3.63) is 12.7 Å². The van der Waals surface area contributed by atoms with Crippen molar-refractivity contribution in [2.75, 3.05) is 3.92 Å². The zero-order valence-electron chi connectivity index (χ0n) is 4.84. The second kappa shape index (κ2) is 3.11. The van der Waals surface area contributed by atoms with Crippen molar-refractivity contribution in [1.29, 1.82) is 5.26 Å². The topological polar surface area (TPSA) is 65.7 Å². The summed E-state index contributed by atoms with van der Waals surface area (Å²) in [5, 5.41) is 8.35. The van der Waals surface area contributed by atoms with E-state index in [-0.39, 0.29) is 0 Å². The van der Waals surface area contributed by atoms with Gasteiger partial charge >= 0.3 is 65.2 Å². The number of rotatable bonds is 1. The molecule has 0 aliphatic rings. The second-order valence-electron chi connectivity index (χ2n) is 1.35. The van der Waals surface area contributed by atoms with Crippen molar-refractivity contribution in [2.45, 2.75) is 0 Å². The van der Waals surface area contributed by atoms with E-state index < -0.39 is 0 Å². The third kappa shape index (κ3) is 1.41. The minimum absolute atomic E-state index is 0.331. The van der Waals surface area contributed by atoms with Crippen LogP contribution in [0.1, 0.15) is 0 Å². The molecule has 1 heterocycles. The Hall–Kier alpha value is -1.18. The van der Waals surface area contributed by atoms with Crippen molar-refractivity contribution < 1.29 is 0 Å². The van der Waals surface area contributed by atoms with E-state index in [2.05, 4.69) is 15.0 Å². The van der Waals surface area contributed by atoms with Gasteiger partial charge in [0.1, 0.15) is 0 Å². The number of hydrogen-bond donors (Lipinski definition) is 0. The van der Waals surface area contributed by atoms with E-state index in [1.54, 1.807) is 0 Å². The molecular weight excluding hydrogens is 197 g/mol. The van der Waals surface area contributed by atoms with Gasteiger partial charge in [0, 0.05) is 0 Å². The third-order valence-electron chi connectivity index (χ3n) is 0.764. The monoisotopic (exact) mass is 201 g/mol. The van der Waals surface area contributed by atoms with Crippen LogP contribution in [-0.2, 0) is 0 Å². The first-order chi connectivity index (χ1) is 4.84. The van der Waals surface area contributed by atoms with Crippen molar-refractivity contribution >= 4 is 22.2 Å². The molecule has 1 rings (SSSR count). The Kier molecular flexibility index (Phi) is 2.15. The van der Waals surface area contributed by atoms with Gasteiger partial charge in [0.05, 0.1) is 0 Å². The molecule has 0 aliphatic heterocycles. The van der Waals surface area contributed by atoms with Crippen molar-refractivity contribution in [3.8, 4) is 6.19 Å². The molecule has 0 saturated heterocycles. The van der Waals surface area contributed by atoms with Crippen LogP contribution in [0, 0.1) is 11.5 Å². The molecular formula is C4H3N5Se. The quantitative estimate of drug-likeness (QED) is 0.329. The van der Waals surface area contributed by atoms with Crippen LogP contribution >= 0.6 is 0 Å². The van der Waals surface area contributed by atoms with Gasteiger partial charge in [0.15, 0.2) is 0 Å². The Balaban J connectivity index is 2.88. The van der Waals surface area contributed by atoms with Crippen molar-refractivity contribution in [1.82, 2.24) is 15.0 Å². The number of nitriles is 1. The average molecular weight is 200 g/mol. The first-order valence-corrected chi connectivity index (χ1v) is 3.19. The zero-order valence-corrected chi connectivity index (χ0v) is 6.71. The van der Waals surface area contributed by atoms with Crippen LogP contribution in [0.2, 0.25) is 0 Å². The molecule has 0 amide bonds. The Labute approximate surface area is 65.8 Å². The van der Waals surface area contributed by atoms with Gasteiger partial charge in [-0.1, -0.05) is 0 Å². The van der Waals surface area contributed by atoms with E-state index in [0.29, 0.717) is 5.95 Å². The van der Waals surface area contributed by atoms with E-state index in [4.69, 9.17) is 5.26 Å². The summed E-state index contributed by atoms with van der Waals surface area (Å²) in [4.78, 5) is 11.0. The fourth-order valence-corrected chi connectivity index (χ4v) is 0.604. The summed E-state index contributed by atoms with van der Waals surface area (Å²) in [5.74, 6) is 0.331. The summed E-state index contributed by atoms with van der Waals surface area (Å²) in [6, 6.07) is 0. The minimum atomic E-state index is 0.331. The average Bonchev–Trinajstić information content (AvgIpc) is 2.05. The molecule has 5 nitrogen and oxygen atoms in total. The molecule has 50 valence electrons. The van der Waals surface area contributed by atoms with Crippen LogP contribution in [0.25, 0.3) is 0 Å². The van der Waals surface area contributed by atoms with Gasteiger partial charge in [-0.3, -0.25) is 0 Å². The van der Waals surface area contributed by atoms with Crippen LogP contribution < -0.4 is 3.92 Å². The molecule has 0 unspecified atom stereocenters. The SMILES string of the molecule is N#CN([SeH])c1ncncn1. The standard InChI is InChI=1S/C4H3N5Se/c5-1-9(10)4-7-2-6-3-8-4/h2-3,10H. The second-order valence-corrected chi connectivity index (χ2v) is 2.19. The van der Waals surface area contributed by atoms with Crippen LogP contribution in [0.5, 0.6) is 0 Å². The van der Waals surface area contributed by atoms with Gasteiger partial charge in [-0.2, -0.15) is 0 Å². The van der Waals surface area contributed by atoms with Gasteiger partial charge in [0.25, 0.3) is 0 Å². The third-order valence-corrected chi connectivity index (χ3v) is 1.33. The number of hydrogen-bond acceptors (Lipinski definition) is 5. The molecule has 0 saturated carbocycles. The van der Waals surface area contributed by atoms with Gasteiger partial charge < -0.3 is 0 Å². The molecule has 0 aromatic carbocycles. The van der Waals surface area contributed by atoms with Gasteiger partial charge in [-0.25, -0.2) is 0 Å². The summed E-state index contributed by atoms with van der Waals surface area (Å²) >= 11 is 2.02. The normalized spacial score (nSPS) is 8.40. The number of aromatic nitrogens is 3. The molecule has 0 aliphatic carbocycles. The van der Waals surface area contributed by atoms with Crippen molar-refractivity contribution in [3.63, 3.8) is 0 Å². The fourth-order valence-electron chi connectivity index (χ4n) is 0.387. The first-order valence-electron chi connectivity index (χ1n) is 2.35. The van der Waals surface area contributed by atoms with Crippen LogP contribution in [-0.4, -0.2) is 31.2 Å². The van der Waals surface area contributed by atoms with E-state index >= 15 is 0 Å². The molecule has 0 spiro atoms. The Morgan fingerprint density at radius 2 is 2.10 bits per heavy atom. The van der Waals surface area contributed by atoms with Gasteiger partial charge in [-0.05, 0) is 0 Å². The predicted octanol–water partition coefficient (Wildman–Crippen LogP) is -1.03. The molecule has 1 aromatic heterocycles. The summed E-state index contributed by atoms with van der Waals surface area (Å²) in [6.45, 7) is 0. The van der Waals surface area contributed by atoms with E-state index in [9.17, 15) is 0 Å². The summed E-state index contributed by atoms with van der Waals surface area (Å²) in [6.07, 6.45) is 4.50. The fraction of sp³-hybridized carbons (Fsp3) is 0. The molecule has 0 radical (unpaired) electrons. The Morgan fingerprint density at radius 3 is 2.60 bits per heavy atom. The van der Waals surface area contributed by atoms with Crippen LogP contribution in [0.15, 0.2) is 12.7 Å². The Morgan fingerprint density at radius 1 is 1.50 bits per heavy atom. The molecule has 6 heteroatoms. The molecule has 0 N–H and O–H groups in total. The molecule has 10 heavy (non-hydrogen) atoms. The summed E-state index contributed by atoms with van der Waals surface area (Å²) in [7, 11) is 0. The first kappa shape index (κ1) is 6.93. The molecule has 1 aromatic rings.